The van der Waals surface area contributed by atoms with Crippen LogP contribution in [0.1, 0.15) is 15.9 Å². The van der Waals surface area contributed by atoms with Crippen LogP contribution >= 0.6 is 12.2 Å². The Hall–Kier alpha value is -3.19. The summed E-state index contributed by atoms with van der Waals surface area (Å²) in [5.41, 5.74) is 2.11. The Labute approximate surface area is 163 Å². The van der Waals surface area contributed by atoms with E-state index in [9.17, 15) is 9.59 Å². The topological polar surface area (TPSA) is 70.7 Å². The van der Waals surface area contributed by atoms with E-state index in [2.05, 4.69) is 10.6 Å². The minimum absolute atomic E-state index is 0.0823. The summed E-state index contributed by atoms with van der Waals surface area (Å²) >= 11 is 5.13. The summed E-state index contributed by atoms with van der Waals surface area (Å²) in [6.45, 7) is 0. The van der Waals surface area contributed by atoms with Gasteiger partial charge in [0, 0.05) is 31.4 Å². The third-order valence-corrected chi connectivity index (χ3v) is 3.78. The summed E-state index contributed by atoms with van der Waals surface area (Å²) in [5.74, 6) is 0.323. The van der Waals surface area contributed by atoms with Crippen LogP contribution in [0.25, 0.3) is 6.08 Å². The Morgan fingerprint density at radius 2 is 1.67 bits per heavy atom. The van der Waals surface area contributed by atoms with Crippen molar-refractivity contribution in [3.63, 3.8) is 0 Å². The molecule has 0 saturated heterocycles. The van der Waals surface area contributed by atoms with E-state index in [-0.39, 0.29) is 16.9 Å². The second-order valence-electron chi connectivity index (χ2n) is 5.83. The van der Waals surface area contributed by atoms with Crippen LogP contribution in [0, 0.1) is 0 Å². The van der Waals surface area contributed by atoms with E-state index in [1.165, 1.54) is 11.0 Å². The van der Waals surface area contributed by atoms with Crippen molar-refractivity contribution in [2.24, 2.45) is 0 Å². The molecule has 0 saturated carbocycles. The van der Waals surface area contributed by atoms with Crippen LogP contribution in [0.4, 0.5) is 5.69 Å². The summed E-state index contributed by atoms with van der Waals surface area (Å²) in [5, 5.41) is 5.65. The van der Waals surface area contributed by atoms with Crippen LogP contribution < -0.4 is 15.4 Å². The van der Waals surface area contributed by atoms with Crippen molar-refractivity contribution < 1.29 is 14.3 Å². The first-order valence-corrected chi connectivity index (χ1v) is 8.55. The van der Waals surface area contributed by atoms with E-state index < -0.39 is 0 Å². The molecule has 6 nitrogen and oxygen atoms in total. The van der Waals surface area contributed by atoms with Crippen LogP contribution in [0.15, 0.2) is 54.6 Å². The number of amides is 2. The maximum Gasteiger partial charge on any atom is 0.253 e. The molecule has 2 amide bonds. The largest absolute Gasteiger partial charge is 0.497 e. The number of ether oxygens (including phenoxy) is 1. The molecule has 0 aliphatic carbocycles. The van der Waals surface area contributed by atoms with Gasteiger partial charge in [-0.1, -0.05) is 12.1 Å². The molecule has 0 unspecified atom stereocenters. The highest BCUT2D eigenvalue weighted by Crippen LogP contribution is 2.12. The molecule has 7 heteroatoms. The minimum Gasteiger partial charge on any atom is -0.497 e. The third-order valence-electron chi connectivity index (χ3n) is 3.58. The van der Waals surface area contributed by atoms with Gasteiger partial charge in [-0.25, -0.2) is 0 Å². The number of nitrogens with one attached hydrogen (secondary N) is 2. The molecule has 2 aromatic rings. The van der Waals surface area contributed by atoms with Gasteiger partial charge in [0.2, 0.25) is 5.91 Å². The van der Waals surface area contributed by atoms with Gasteiger partial charge < -0.3 is 15.0 Å². The van der Waals surface area contributed by atoms with Crippen molar-refractivity contribution in [3.8, 4) is 5.75 Å². The number of hydrogen-bond acceptors (Lipinski definition) is 4. The quantitative estimate of drug-likeness (QED) is 0.614. The standard InChI is InChI=1S/C20H21N3O3S/c1-23(2)19(25)15-7-9-16(10-8-15)21-20(27)22-18(24)13-6-14-4-11-17(26-3)12-5-14/h4-13H,1-3H3,(H2,21,22,24,27)/b13-6+. The molecule has 0 spiro atoms. The Morgan fingerprint density at radius 1 is 1.04 bits per heavy atom. The summed E-state index contributed by atoms with van der Waals surface area (Å²) < 4.78 is 5.09. The summed E-state index contributed by atoms with van der Waals surface area (Å²) in [7, 11) is 4.98. The smallest absolute Gasteiger partial charge is 0.253 e. The lowest BCUT2D eigenvalue weighted by Gasteiger charge is -2.11. The monoisotopic (exact) mass is 383 g/mol. The van der Waals surface area contributed by atoms with E-state index >= 15 is 0 Å². The lowest BCUT2D eigenvalue weighted by atomic mass is 10.2. The first kappa shape index (κ1) is 20.1. The van der Waals surface area contributed by atoms with Gasteiger partial charge in [0.1, 0.15) is 5.75 Å². The maximum atomic E-state index is 12.0. The summed E-state index contributed by atoms with van der Waals surface area (Å²) in [6.07, 6.45) is 3.08. The van der Waals surface area contributed by atoms with Gasteiger partial charge in [0.05, 0.1) is 7.11 Å². The number of carbonyl (C=O) groups is 2. The predicted octanol–water partition coefficient (Wildman–Crippen LogP) is 2.92. The zero-order valence-electron chi connectivity index (χ0n) is 15.4. The SMILES string of the molecule is COc1ccc(/C=C/C(=O)NC(=S)Nc2ccc(C(=O)N(C)C)cc2)cc1. The highest BCUT2D eigenvalue weighted by atomic mass is 32.1. The Morgan fingerprint density at radius 3 is 2.22 bits per heavy atom. The molecule has 0 fully saturated rings. The summed E-state index contributed by atoms with van der Waals surface area (Å²) in [6, 6.07) is 14.1. The molecule has 0 radical (unpaired) electrons. The number of thiocarbonyl (C=S) groups is 1. The molecule has 0 aromatic heterocycles. The zero-order valence-corrected chi connectivity index (χ0v) is 16.2. The van der Waals surface area contributed by atoms with Gasteiger partial charge in [0.25, 0.3) is 5.91 Å². The van der Waals surface area contributed by atoms with Crippen molar-refractivity contribution in [1.82, 2.24) is 10.2 Å². The van der Waals surface area contributed by atoms with Gasteiger partial charge in [0.15, 0.2) is 5.11 Å². The Balaban J connectivity index is 1.88. The van der Waals surface area contributed by atoms with Crippen LogP contribution in [-0.4, -0.2) is 43.0 Å². The van der Waals surface area contributed by atoms with Gasteiger partial charge in [-0.05, 0) is 60.3 Å². The normalized spacial score (nSPS) is 10.3. The Bertz CT molecular complexity index is 844. The lowest BCUT2D eigenvalue weighted by molar-refractivity contribution is -0.115. The number of hydrogen-bond donors (Lipinski definition) is 2. The molecule has 2 aromatic carbocycles. The first-order chi connectivity index (χ1) is 12.9. The molecule has 0 atom stereocenters. The maximum absolute atomic E-state index is 12.0. The van der Waals surface area contributed by atoms with Gasteiger partial charge >= 0.3 is 0 Å². The molecule has 0 bridgehead atoms. The molecule has 2 N–H and O–H groups in total. The van der Waals surface area contributed by atoms with Crippen molar-refractivity contribution in [1.29, 1.82) is 0 Å². The van der Waals surface area contributed by atoms with Gasteiger partial charge in [-0.3, -0.25) is 14.9 Å². The van der Waals surface area contributed by atoms with Crippen LogP contribution in [0.5, 0.6) is 5.75 Å². The second-order valence-corrected chi connectivity index (χ2v) is 6.24. The highest BCUT2D eigenvalue weighted by Gasteiger charge is 2.08. The number of benzene rings is 2. The van der Waals surface area contributed by atoms with Crippen molar-refractivity contribution in [2.75, 3.05) is 26.5 Å². The molecule has 0 aliphatic heterocycles. The zero-order chi connectivity index (χ0) is 19.8. The first-order valence-electron chi connectivity index (χ1n) is 8.15. The van der Waals surface area contributed by atoms with Gasteiger partial charge in [-0.2, -0.15) is 0 Å². The fraction of sp³-hybridized carbons (Fsp3) is 0.150. The Kier molecular flexibility index (Phi) is 7.08. The van der Waals surface area contributed by atoms with Crippen LogP contribution in [-0.2, 0) is 4.79 Å². The fourth-order valence-corrected chi connectivity index (χ4v) is 2.38. The molecule has 140 valence electrons. The number of nitrogens with zero attached hydrogens (tertiary/aromatic N) is 1. The number of rotatable bonds is 5. The minimum atomic E-state index is -0.345. The average Bonchev–Trinajstić information content (AvgIpc) is 2.66. The van der Waals surface area contributed by atoms with Gasteiger partial charge in [-0.15, -0.1) is 0 Å². The average molecular weight is 383 g/mol. The third kappa shape index (κ3) is 6.23. The molecule has 27 heavy (non-hydrogen) atoms. The van der Waals surface area contributed by atoms with E-state index in [4.69, 9.17) is 17.0 Å². The molecule has 0 aliphatic rings. The van der Waals surface area contributed by atoms with Crippen LogP contribution in [0.3, 0.4) is 0 Å². The molecular formula is C20H21N3O3S. The van der Waals surface area contributed by atoms with E-state index in [1.54, 1.807) is 51.5 Å². The number of methoxy groups -OCH3 is 1. The molecule has 0 heterocycles. The number of carbonyl (C=O) groups excluding carboxylic acids is 2. The summed E-state index contributed by atoms with van der Waals surface area (Å²) in [4.78, 5) is 25.3. The predicted molar refractivity (Wildman–Crippen MR) is 111 cm³/mol. The highest BCUT2D eigenvalue weighted by molar-refractivity contribution is 7.80. The van der Waals surface area contributed by atoms with E-state index in [0.29, 0.717) is 11.3 Å². The number of anilines is 1. The van der Waals surface area contributed by atoms with Crippen LogP contribution in [0.2, 0.25) is 0 Å². The van der Waals surface area contributed by atoms with Crippen molar-refractivity contribution in [3.05, 3.63) is 65.7 Å². The molecular weight excluding hydrogens is 362 g/mol. The van der Waals surface area contributed by atoms with Crippen molar-refractivity contribution >= 4 is 40.9 Å². The lowest BCUT2D eigenvalue weighted by Crippen LogP contribution is -2.32. The second kappa shape index (κ2) is 9.49. The van der Waals surface area contributed by atoms with E-state index in [0.717, 1.165) is 11.3 Å². The fourth-order valence-electron chi connectivity index (χ4n) is 2.16. The van der Waals surface area contributed by atoms with Crippen molar-refractivity contribution in [2.45, 2.75) is 0 Å². The molecule has 2 rings (SSSR count). The van der Waals surface area contributed by atoms with E-state index in [1.807, 2.05) is 24.3 Å².